The first-order valence-corrected chi connectivity index (χ1v) is 19.3. The number of rotatable bonds is 32. The van der Waals surface area contributed by atoms with Crippen molar-refractivity contribution in [1.29, 1.82) is 0 Å². The lowest BCUT2D eigenvalue weighted by molar-refractivity contribution is -0.142. The van der Waals surface area contributed by atoms with Crippen LogP contribution >= 0.6 is 0 Å². The Labute approximate surface area is 310 Å². The summed E-state index contributed by atoms with van der Waals surface area (Å²) >= 11 is 0. The zero-order valence-corrected chi connectivity index (χ0v) is 31.7. The quantitative estimate of drug-likeness (QED) is 0.0481. The van der Waals surface area contributed by atoms with E-state index in [2.05, 4.69) is 146 Å². The van der Waals surface area contributed by atoms with Crippen LogP contribution in [0.4, 0.5) is 0 Å². The molecule has 0 aliphatic carbocycles. The molecule has 0 aromatic carbocycles. The molecular weight excluding hydrogens is 633 g/mol. The Morgan fingerprint density at radius 1 is 0.471 bits per heavy atom. The molecule has 6 heteroatoms. The van der Waals surface area contributed by atoms with Crippen molar-refractivity contribution in [3.05, 3.63) is 122 Å². The van der Waals surface area contributed by atoms with Crippen LogP contribution in [0.1, 0.15) is 129 Å². The van der Waals surface area contributed by atoms with Crippen molar-refractivity contribution in [3.8, 4) is 0 Å². The molecule has 2 amide bonds. The number of carboxylic acid groups (broad SMARTS) is 1. The van der Waals surface area contributed by atoms with Gasteiger partial charge in [-0.05, 0) is 103 Å². The van der Waals surface area contributed by atoms with E-state index in [0.29, 0.717) is 25.8 Å². The highest BCUT2D eigenvalue weighted by atomic mass is 16.4. The zero-order chi connectivity index (χ0) is 37.3. The van der Waals surface area contributed by atoms with E-state index in [4.69, 9.17) is 0 Å². The molecule has 6 nitrogen and oxygen atoms in total. The van der Waals surface area contributed by atoms with Crippen LogP contribution in [0.3, 0.4) is 0 Å². The summed E-state index contributed by atoms with van der Waals surface area (Å²) in [5.41, 5.74) is 0. The number of unbranched alkanes of at least 4 members (excludes halogenated alkanes) is 2. The molecule has 0 saturated heterocycles. The molecule has 0 spiro atoms. The monoisotopic (exact) mass is 701 g/mol. The van der Waals surface area contributed by atoms with E-state index in [1.165, 1.54) is 0 Å². The largest absolute Gasteiger partial charge is 0.480 e. The number of carboxylic acids is 1. The summed E-state index contributed by atoms with van der Waals surface area (Å²) in [6, 6.07) is -0.946. The van der Waals surface area contributed by atoms with Gasteiger partial charge >= 0.3 is 5.97 Å². The van der Waals surface area contributed by atoms with Crippen LogP contribution < -0.4 is 10.6 Å². The van der Waals surface area contributed by atoms with Crippen LogP contribution in [0.5, 0.6) is 0 Å². The summed E-state index contributed by atoms with van der Waals surface area (Å²) in [6.07, 6.45) is 57.4. The molecule has 0 aliphatic rings. The maximum Gasteiger partial charge on any atom is 0.326 e. The SMILES string of the molecule is CCC=CCC=CCC=CCC=CCC=CCCCC(=O)NCCCC(NC(=O)CCCC=CCC=CCC=CCC=CCC=CCC)C(=O)O. The van der Waals surface area contributed by atoms with E-state index in [-0.39, 0.29) is 24.7 Å². The van der Waals surface area contributed by atoms with Crippen LogP contribution in [0.2, 0.25) is 0 Å². The smallest absolute Gasteiger partial charge is 0.326 e. The molecular formula is C45H68N2O4. The Morgan fingerprint density at radius 3 is 1.16 bits per heavy atom. The fourth-order valence-electron chi connectivity index (χ4n) is 4.64. The van der Waals surface area contributed by atoms with Crippen molar-refractivity contribution in [2.45, 2.75) is 135 Å². The van der Waals surface area contributed by atoms with E-state index in [0.717, 1.165) is 83.5 Å². The van der Waals surface area contributed by atoms with Gasteiger partial charge in [0.2, 0.25) is 11.8 Å². The second-order valence-electron chi connectivity index (χ2n) is 12.2. The van der Waals surface area contributed by atoms with Gasteiger partial charge in [0.25, 0.3) is 0 Å². The molecule has 51 heavy (non-hydrogen) atoms. The first-order chi connectivity index (χ1) is 25.0. The highest BCUT2D eigenvalue weighted by Gasteiger charge is 2.19. The number of hydrogen-bond acceptors (Lipinski definition) is 3. The standard InChI is InChI=1S/C45H68N2O4/c1-3-5-7-9-11-13-15-17-19-21-23-25-27-29-31-33-35-39-43(48)46-41-37-38-42(45(50)51)47-44(49)40-36-34-32-30-28-26-24-22-20-18-16-14-12-10-8-6-4-2/h5-8,11-14,17-20,23-26,29-32,42H,3-4,9-10,15-16,21-22,27-28,33-41H2,1-2H3,(H,46,48)(H,47,49)(H,50,51). The molecule has 0 heterocycles. The van der Waals surface area contributed by atoms with Gasteiger partial charge in [0.05, 0.1) is 0 Å². The third kappa shape index (κ3) is 36.9. The summed E-state index contributed by atoms with van der Waals surface area (Å²) in [6.45, 7) is 4.67. The number of allylic oxidation sites excluding steroid dienone is 20. The fraction of sp³-hybridized carbons (Fsp3) is 0.489. The van der Waals surface area contributed by atoms with Gasteiger partial charge in [-0.1, -0.05) is 135 Å². The minimum atomic E-state index is -1.05. The lowest BCUT2D eigenvalue weighted by atomic mass is 10.1. The van der Waals surface area contributed by atoms with Crippen molar-refractivity contribution in [1.82, 2.24) is 10.6 Å². The number of amides is 2. The molecule has 0 aromatic rings. The Kier molecular flexibility index (Phi) is 35.4. The Hall–Kier alpha value is -4.19. The van der Waals surface area contributed by atoms with Gasteiger partial charge in [0.1, 0.15) is 6.04 Å². The van der Waals surface area contributed by atoms with Gasteiger partial charge in [-0.2, -0.15) is 0 Å². The number of carbonyl (C=O) groups is 3. The first kappa shape index (κ1) is 46.8. The first-order valence-electron chi connectivity index (χ1n) is 19.3. The van der Waals surface area contributed by atoms with Crippen molar-refractivity contribution >= 4 is 17.8 Å². The summed E-state index contributed by atoms with van der Waals surface area (Å²) in [5.74, 6) is -1.34. The third-order valence-corrected chi connectivity index (χ3v) is 7.49. The lowest BCUT2D eigenvalue weighted by Crippen LogP contribution is -2.41. The number of hydrogen-bond donors (Lipinski definition) is 3. The lowest BCUT2D eigenvalue weighted by Gasteiger charge is -2.14. The van der Waals surface area contributed by atoms with Crippen LogP contribution in [-0.4, -0.2) is 35.5 Å². The van der Waals surface area contributed by atoms with E-state index in [9.17, 15) is 19.5 Å². The fourth-order valence-corrected chi connectivity index (χ4v) is 4.64. The maximum atomic E-state index is 12.3. The zero-order valence-electron chi connectivity index (χ0n) is 31.7. The minimum Gasteiger partial charge on any atom is -0.480 e. The predicted octanol–water partition coefficient (Wildman–Crippen LogP) is 11.3. The Morgan fingerprint density at radius 2 is 0.804 bits per heavy atom. The van der Waals surface area contributed by atoms with Gasteiger partial charge in [-0.3, -0.25) is 9.59 Å². The van der Waals surface area contributed by atoms with Crippen molar-refractivity contribution in [2.75, 3.05) is 6.54 Å². The van der Waals surface area contributed by atoms with Crippen molar-refractivity contribution < 1.29 is 19.5 Å². The highest BCUT2D eigenvalue weighted by molar-refractivity contribution is 5.83. The molecule has 282 valence electrons. The highest BCUT2D eigenvalue weighted by Crippen LogP contribution is 2.04. The summed E-state index contributed by atoms with van der Waals surface area (Å²) in [7, 11) is 0. The second-order valence-corrected chi connectivity index (χ2v) is 12.2. The number of carbonyl (C=O) groups excluding carboxylic acids is 2. The predicted molar refractivity (Wildman–Crippen MR) is 218 cm³/mol. The molecule has 3 N–H and O–H groups in total. The van der Waals surface area contributed by atoms with E-state index >= 15 is 0 Å². The average molecular weight is 701 g/mol. The van der Waals surface area contributed by atoms with Crippen molar-refractivity contribution in [2.24, 2.45) is 0 Å². The van der Waals surface area contributed by atoms with Crippen LogP contribution in [0, 0.1) is 0 Å². The minimum absolute atomic E-state index is 0.0340. The molecule has 0 bridgehead atoms. The molecule has 0 aliphatic heterocycles. The summed E-state index contributed by atoms with van der Waals surface area (Å²) < 4.78 is 0. The van der Waals surface area contributed by atoms with Gasteiger partial charge in [-0.15, -0.1) is 0 Å². The molecule has 0 rings (SSSR count). The Bertz CT molecular complexity index is 1180. The van der Waals surface area contributed by atoms with Gasteiger partial charge in [0.15, 0.2) is 0 Å². The van der Waals surface area contributed by atoms with E-state index in [1.807, 2.05) is 0 Å². The summed E-state index contributed by atoms with van der Waals surface area (Å²) in [4.78, 5) is 36.1. The average Bonchev–Trinajstić information content (AvgIpc) is 3.12. The van der Waals surface area contributed by atoms with Gasteiger partial charge in [-0.25, -0.2) is 4.79 Å². The number of nitrogens with one attached hydrogen (secondary N) is 2. The molecule has 1 atom stereocenters. The topological polar surface area (TPSA) is 95.5 Å². The number of aliphatic carboxylic acids is 1. The molecule has 1 unspecified atom stereocenters. The van der Waals surface area contributed by atoms with Gasteiger partial charge < -0.3 is 15.7 Å². The van der Waals surface area contributed by atoms with Crippen LogP contribution in [-0.2, 0) is 14.4 Å². The molecule has 0 fully saturated rings. The van der Waals surface area contributed by atoms with E-state index < -0.39 is 12.0 Å². The van der Waals surface area contributed by atoms with Crippen LogP contribution in [0.15, 0.2) is 122 Å². The maximum absolute atomic E-state index is 12.3. The van der Waals surface area contributed by atoms with Crippen LogP contribution in [0.25, 0.3) is 0 Å². The normalized spacial score (nSPS) is 13.5. The second kappa shape index (κ2) is 38.6. The van der Waals surface area contributed by atoms with Crippen molar-refractivity contribution in [3.63, 3.8) is 0 Å². The molecule has 0 saturated carbocycles. The summed E-state index contributed by atoms with van der Waals surface area (Å²) in [5, 5.41) is 15.0. The molecule has 0 radical (unpaired) electrons. The van der Waals surface area contributed by atoms with Gasteiger partial charge in [0, 0.05) is 19.4 Å². The third-order valence-electron chi connectivity index (χ3n) is 7.49. The Balaban J connectivity index is 3.89. The van der Waals surface area contributed by atoms with E-state index in [1.54, 1.807) is 0 Å². The molecule has 0 aromatic heterocycles.